The van der Waals surface area contributed by atoms with Crippen LogP contribution < -0.4 is 4.74 Å². The van der Waals surface area contributed by atoms with Crippen molar-refractivity contribution in [2.45, 2.75) is 26.4 Å². The summed E-state index contributed by atoms with van der Waals surface area (Å²) >= 11 is 6.16. The Kier molecular flexibility index (Phi) is 5.71. The molecule has 0 spiro atoms. The van der Waals surface area contributed by atoms with Gasteiger partial charge in [-0.1, -0.05) is 25.4 Å². The lowest BCUT2D eigenvalue weighted by Crippen LogP contribution is -2.06. The van der Waals surface area contributed by atoms with Gasteiger partial charge in [0.2, 0.25) is 0 Å². The van der Waals surface area contributed by atoms with Gasteiger partial charge in [0.25, 0.3) is 0 Å². The zero-order valence-electron chi connectivity index (χ0n) is 16.9. The third-order valence-electron chi connectivity index (χ3n) is 4.66. The van der Waals surface area contributed by atoms with E-state index in [9.17, 15) is 13.2 Å². The predicted octanol–water partition coefficient (Wildman–Crippen LogP) is 7.12. The molecule has 4 rings (SSSR count). The van der Waals surface area contributed by atoms with Gasteiger partial charge in [-0.25, -0.2) is 4.98 Å². The van der Waals surface area contributed by atoms with Crippen molar-refractivity contribution in [2.75, 3.05) is 6.61 Å². The van der Waals surface area contributed by atoms with Crippen LogP contribution in [0.3, 0.4) is 0 Å². The predicted molar refractivity (Wildman–Crippen MR) is 113 cm³/mol. The molecule has 0 bridgehead atoms. The number of halogens is 4. The van der Waals surface area contributed by atoms with Crippen molar-refractivity contribution < 1.29 is 22.3 Å². The van der Waals surface area contributed by atoms with Crippen LogP contribution in [0, 0.1) is 5.92 Å². The van der Waals surface area contributed by atoms with Crippen LogP contribution >= 0.6 is 11.6 Å². The van der Waals surface area contributed by atoms with Gasteiger partial charge in [0.15, 0.2) is 11.6 Å². The second-order valence-corrected chi connectivity index (χ2v) is 8.15. The van der Waals surface area contributed by atoms with Crippen molar-refractivity contribution >= 4 is 22.6 Å². The summed E-state index contributed by atoms with van der Waals surface area (Å²) in [6.07, 6.45) is -3.97. The number of hydrogen-bond donors (Lipinski definition) is 1. The van der Waals surface area contributed by atoms with Crippen molar-refractivity contribution in [1.29, 1.82) is 0 Å². The van der Waals surface area contributed by atoms with Crippen LogP contribution in [0.5, 0.6) is 5.75 Å². The summed E-state index contributed by atoms with van der Waals surface area (Å²) in [7, 11) is 0. The summed E-state index contributed by atoms with van der Waals surface area (Å²) in [5.41, 5.74) is 0.865. The fourth-order valence-corrected chi connectivity index (χ4v) is 3.36. The lowest BCUT2D eigenvalue weighted by Gasteiger charge is -2.13. The zero-order valence-corrected chi connectivity index (χ0v) is 17.6. The fraction of sp³-hybridized carbons (Fsp3) is 0.261. The molecule has 162 valence electrons. The minimum atomic E-state index is -4.42. The first-order valence-electron chi connectivity index (χ1n) is 9.76. The highest BCUT2D eigenvalue weighted by atomic mass is 35.5. The molecular formula is C23H20ClF3N2O2. The van der Waals surface area contributed by atoms with E-state index in [1.54, 1.807) is 18.2 Å². The Balaban J connectivity index is 1.58. The lowest BCUT2D eigenvalue weighted by atomic mass is 10.1. The van der Waals surface area contributed by atoms with Crippen molar-refractivity contribution in [3.8, 4) is 17.3 Å². The van der Waals surface area contributed by atoms with E-state index in [2.05, 4.69) is 23.8 Å². The Morgan fingerprint density at radius 1 is 1.10 bits per heavy atom. The fourth-order valence-electron chi connectivity index (χ4n) is 3.17. The van der Waals surface area contributed by atoms with Crippen LogP contribution in [-0.2, 0) is 12.6 Å². The molecule has 0 aliphatic rings. The molecule has 0 fully saturated rings. The van der Waals surface area contributed by atoms with Crippen molar-refractivity contribution in [2.24, 2.45) is 5.92 Å². The highest BCUT2D eigenvalue weighted by Crippen LogP contribution is 2.32. The van der Waals surface area contributed by atoms with E-state index in [1.807, 2.05) is 12.1 Å². The average molecular weight is 449 g/mol. The normalized spacial score (nSPS) is 12.1. The van der Waals surface area contributed by atoms with E-state index >= 15 is 0 Å². The molecule has 0 saturated carbocycles. The first kappa shape index (κ1) is 21.3. The Hall–Kier alpha value is -2.93. The number of rotatable bonds is 6. The molecule has 4 aromatic rings. The minimum absolute atomic E-state index is 0.224. The number of aromatic amines is 1. The van der Waals surface area contributed by atoms with Gasteiger partial charge in [-0.15, -0.1) is 0 Å². The average Bonchev–Trinajstić information content (AvgIpc) is 3.32. The molecule has 0 amide bonds. The van der Waals surface area contributed by atoms with Crippen LogP contribution in [0.2, 0.25) is 5.02 Å². The van der Waals surface area contributed by atoms with Crippen LogP contribution in [-0.4, -0.2) is 16.6 Å². The molecule has 4 nitrogen and oxygen atoms in total. The third-order valence-corrected chi connectivity index (χ3v) is 4.90. The smallest absolute Gasteiger partial charge is 0.416 e. The monoisotopic (exact) mass is 448 g/mol. The molecule has 0 aliphatic heterocycles. The summed E-state index contributed by atoms with van der Waals surface area (Å²) in [6, 6.07) is 12.4. The van der Waals surface area contributed by atoms with Crippen molar-refractivity contribution in [1.82, 2.24) is 9.97 Å². The van der Waals surface area contributed by atoms with E-state index in [0.717, 1.165) is 23.4 Å². The molecule has 1 N–H and O–H groups in total. The number of imidazole rings is 1. The number of fused-ring (bicyclic) bond motifs is 1. The molecular weight excluding hydrogens is 429 g/mol. The molecule has 2 heterocycles. The maximum Gasteiger partial charge on any atom is 0.416 e. The lowest BCUT2D eigenvalue weighted by molar-refractivity contribution is -0.137. The van der Waals surface area contributed by atoms with Gasteiger partial charge in [-0.05, 0) is 54.4 Å². The van der Waals surface area contributed by atoms with E-state index in [1.165, 1.54) is 6.07 Å². The Morgan fingerprint density at radius 3 is 2.65 bits per heavy atom. The van der Waals surface area contributed by atoms with E-state index in [-0.39, 0.29) is 5.52 Å². The van der Waals surface area contributed by atoms with Crippen LogP contribution in [0.4, 0.5) is 13.2 Å². The van der Waals surface area contributed by atoms with Gasteiger partial charge in [-0.2, -0.15) is 13.2 Å². The van der Waals surface area contributed by atoms with Crippen LogP contribution in [0.25, 0.3) is 22.6 Å². The van der Waals surface area contributed by atoms with Crippen LogP contribution in [0.1, 0.15) is 30.7 Å². The highest BCUT2D eigenvalue weighted by Gasteiger charge is 2.30. The number of furan rings is 1. The van der Waals surface area contributed by atoms with Crippen molar-refractivity contribution in [3.05, 3.63) is 70.4 Å². The van der Waals surface area contributed by atoms with Gasteiger partial charge in [0, 0.05) is 17.0 Å². The van der Waals surface area contributed by atoms with Gasteiger partial charge < -0.3 is 14.1 Å². The minimum Gasteiger partial charge on any atom is -0.493 e. The van der Waals surface area contributed by atoms with Gasteiger partial charge >= 0.3 is 6.18 Å². The molecule has 0 atom stereocenters. The third kappa shape index (κ3) is 4.88. The molecule has 31 heavy (non-hydrogen) atoms. The summed E-state index contributed by atoms with van der Waals surface area (Å²) < 4.78 is 50.6. The molecule has 0 aliphatic carbocycles. The van der Waals surface area contributed by atoms with Gasteiger partial charge in [-0.3, -0.25) is 0 Å². The zero-order chi connectivity index (χ0) is 22.2. The quantitative estimate of drug-likeness (QED) is 0.341. The topological polar surface area (TPSA) is 51.0 Å². The summed E-state index contributed by atoms with van der Waals surface area (Å²) in [5, 5.41) is 0.594. The molecule has 0 unspecified atom stereocenters. The number of benzene rings is 2. The van der Waals surface area contributed by atoms with Crippen molar-refractivity contribution in [3.63, 3.8) is 0 Å². The van der Waals surface area contributed by atoms with E-state index in [0.29, 0.717) is 46.8 Å². The number of hydrogen-bond acceptors (Lipinski definition) is 3. The Labute approximate surface area is 182 Å². The SMILES string of the molecule is CC(C)COc1ccc(Cl)cc1Cc1ccc(-c2nc3cc(C(F)(F)F)ccc3[nH]2)o1. The maximum atomic E-state index is 12.9. The number of aromatic nitrogens is 2. The van der Waals surface area contributed by atoms with Crippen LogP contribution in [0.15, 0.2) is 52.9 Å². The number of H-pyrrole nitrogens is 1. The van der Waals surface area contributed by atoms with E-state index in [4.69, 9.17) is 20.8 Å². The second kappa shape index (κ2) is 8.30. The van der Waals surface area contributed by atoms with Gasteiger partial charge in [0.05, 0.1) is 23.2 Å². The Bertz CT molecular complexity index is 1210. The molecule has 2 aromatic heterocycles. The number of alkyl halides is 3. The molecule has 8 heteroatoms. The maximum absolute atomic E-state index is 12.9. The molecule has 0 radical (unpaired) electrons. The summed E-state index contributed by atoms with van der Waals surface area (Å²) in [4.78, 5) is 7.27. The van der Waals surface area contributed by atoms with E-state index < -0.39 is 11.7 Å². The van der Waals surface area contributed by atoms with Gasteiger partial charge in [0.1, 0.15) is 11.5 Å². The number of nitrogens with one attached hydrogen (secondary N) is 1. The standard InChI is InChI=1S/C23H20ClF3N2O2/c1-13(2)12-30-20-7-4-16(24)9-14(20)10-17-5-8-21(31-17)22-28-18-6-3-15(23(25,26)27)11-19(18)29-22/h3-9,11,13H,10,12H2,1-2H3,(H,28,29). The Morgan fingerprint density at radius 2 is 1.90 bits per heavy atom. The number of ether oxygens (including phenoxy) is 1. The first-order chi connectivity index (χ1) is 14.7. The second-order valence-electron chi connectivity index (χ2n) is 7.71. The summed E-state index contributed by atoms with van der Waals surface area (Å²) in [6.45, 7) is 4.72. The molecule has 0 saturated heterocycles. The first-order valence-corrected chi connectivity index (χ1v) is 10.1. The highest BCUT2D eigenvalue weighted by molar-refractivity contribution is 6.30. The summed E-state index contributed by atoms with van der Waals surface area (Å²) in [5.74, 6) is 2.57. The largest absolute Gasteiger partial charge is 0.493 e. The molecule has 2 aromatic carbocycles. The number of nitrogens with zero attached hydrogens (tertiary/aromatic N) is 1.